The number of hydrogen-bond acceptors (Lipinski definition) is 6. The van der Waals surface area contributed by atoms with Gasteiger partial charge in [-0.1, -0.05) is 18.2 Å². The Bertz CT molecular complexity index is 1140. The van der Waals surface area contributed by atoms with Crippen molar-refractivity contribution in [3.63, 3.8) is 0 Å². The van der Waals surface area contributed by atoms with E-state index in [0.717, 1.165) is 4.88 Å². The number of hydrogen-bond donors (Lipinski definition) is 1. The van der Waals surface area contributed by atoms with Crippen molar-refractivity contribution in [2.45, 2.75) is 13.8 Å². The van der Waals surface area contributed by atoms with E-state index in [1.807, 2.05) is 49.6 Å². The highest BCUT2D eigenvalue weighted by Crippen LogP contribution is 2.36. The number of imide groups is 1. The lowest BCUT2D eigenvalue weighted by atomic mass is 10.2. The molecule has 2 aromatic carbocycles. The van der Waals surface area contributed by atoms with Crippen LogP contribution >= 0.6 is 11.3 Å². The Morgan fingerprint density at radius 3 is 2.26 bits per heavy atom. The van der Waals surface area contributed by atoms with Gasteiger partial charge >= 0.3 is 0 Å². The van der Waals surface area contributed by atoms with Gasteiger partial charge in [0.1, 0.15) is 17.2 Å². The second kappa shape index (κ2) is 9.06. The molecule has 1 aliphatic heterocycles. The fourth-order valence-corrected chi connectivity index (χ4v) is 4.15. The van der Waals surface area contributed by atoms with Crippen LogP contribution in [-0.4, -0.2) is 25.0 Å². The van der Waals surface area contributed by atoms with Gasteiger partial charge < -0.3 is 14.8 Å². The zero-order valence-electron chi connectivity index (χ0n) is 17.3. The third-order valence-corrected chi connectivity index (χ3v) is 5.54. The second-order valence-electron chi connectivity index (χ2n) is 6.69. The average Bonchev–Trinajstić information content (AvgIpc) is 3.36. The third-order valence-electron chi connectivity index (χ3n) is 4.65. The van der Waals surface area contributed by atoms with Gasteiger partial charge in [-0.3, -0.25) is 9.59 Å². The largest absolute Gasteiger partial charge is 0.494 e. The summed E-state index contributed by atoms with van der Waals surface area (Å²) >= 11 is 1.41. The zero-order chi connectivity index (χ0) is 21.8. The van der Waals surface area contributed by atoms with Crippen LogP contribution < -0.4 is 19.7 Å². The molecule has 0 radical (unpaired) electrons. The van der Waals surface area contributed by atoms with Crippen molar-refractivity contribution < 1.29 is 19.1 Å². The Hall–Kier alpha value is -3.58. The number of rotatable bonds is 8. The standard InChI is InChI=1S/C24H22N2O4S/c1-3-29-18-10-5-8-16(14-18)25-22-21(20-12-7-13-31-20)23(27)26(24(22)28)17-9-6-11-19(15-17)30-4-2/h5-15,25H,3-4H2,1-2H3. The van der Waals surface area contributed by atoms with Gasteiger partial charge in [0, 0.05) is 22.7 Å². The summed E-state index contributed by atoms with van der Waals surface area (Å²) in [6.07, 6.45) is 0. The maximum Gasteiger partial charge on any atom is 0.282 e. The Morgan fingerprint density at radius 2 is 1.58 bits per heavy atom. The topological polar surface area (TPSA) is 67.9 Å². The first-order chi connectivity index (χ1) is 15.1. The monoisotopic (exact) mass is 434 g/mol. The first-order valence-electron chi connectivity index (χ1n) is 10.0. The average molecular weight is 435 g/mol. The number of nitrogens with zero attached hydrogens (tertiary/aromatic N) is 1. The van der Waals surface area contributed by atoms with Gasteiger partial charge in [-0.05, 0) is 49.6 Å². The van der Waals surface area contributed by atoms with E-state index in [-0.39, 0.29) is 11.6 Å². The summed E-state index contributed by atoms with van der Waals surface area (Å²) in [6.45, 7) is 4.82. The van der Waals surface area contributed by atoms with Crippen LogP contribution in [0.4, 0.5) is 11.4 Å². The predicted octanol–water partition coefficient (Wildman–Crippen LogP) is 4.94. The van der Waals surface area contributed by atoms with Crippen molar-refractivity contribution in [1.29, 1.82) is 0 Å². The Kier molecular flexibility index (Phi) is 6.04. The van der Waals surface area contributed by atoms with Crippen LogP contribution in [0.15, 0.2) is 71.7 Å². The molecule has 7 heteroatoms. The van der Waals surface area contributed by atoms with Crippen molar-refractivity contribution in [3.8, 4) is 11.5 Å². The number of benzene rings is 2. The minimum absolute atomic E-state index is 0.239. The summed E-state index contributed by atoms with van der Waals surface area (Å²) in [5.41, 5.74) is 1.72. The number of thiophene rings is 1. The molecule has 0 atom stereocenters. The quantitative estimate of drug-likeness (QED) is 0.509. The lowest BCUT2D eigenvalue weighted by Crippen LogP contribution is -2.32. The Morgan fingerprint density at radius 1 is 0.871 bits per heavy atom. The van der Waals surface area contributed by atoms with Crippen LogP contribution in [0.1, 0.15) is 18.7 Å². The van der Waals surface area contributed by atoms with E-state index in [2.05, 4.69) is 5.32 Å². The number of nitrogens with one attached hydrogen (secondary N) is 1. The molecule has 6 nitrogen and oxygen atoms in total. The first-order valence-corrected chi connectivity index (χ1v) is 10.9. The van der Waals surface area contributed by atoms with Gasteiger partial charge in [0.2, 0.25) is 0 Å². The van der Waals surface area contributed by atoms with Gasteiger partial charge in [-0.25, -0.2) is 4.90 Å². The van der Waals surface area contributed by atoms with Crippen LogP contribution in [0.5, 0.6) is 11.5 Å². The zero-order valence-corrected chi connectivity index (χ0v) is 18.1. The molecule has 0 saturated heterocycles. The van der Waals surface area contributed by atoms with Crippen LogP contribution in [0.25, 0.3) is 5.57 Å². The van der Waals surface area contributed by atoms with Crippen LogP contribution in [0.2, 0.25) is 0 Å². The molecule has 3 aromatic rings. The van der Waals surface area contributed by atoms with E-state index in [1.54, 1.807) is 30.3 Å². The number of anilines is 2. The van der Waals surface area contributed by atoms with Crippen molar-refractivity contribution in [3.05, 3.63) is 76.6 Å². The molecule has 0 unspecified atom stereocenters. The molecule has 158 valence electrons. The van der Waals surface area contributed by atoms with Gasteiger partial charge in [0.25, 0.3) is 11.8 Å². The second-order valence-corrected chi connectivity index (χ2v) is 7.64. The van der Waals surface area contributed by atoms with Crippen molar-refractivity contribution >= 4 is 40.1 Å². The highest BCUT2D eigenvalue weighted by atomic mass is 32.1. The molecular formula is C24H22N2O4S. The molecule has 1 aromatic heterocycles. The highest BCUT2D eigenvalue weighted by Gasteiger charge is 2.40. The lowest BCUT2D eigenvalue weighted by Gasteiger charge is -2.16. The Balaban J connectivity index is 1.74. The summed E-state index contributed by atoms with van der Waals surface area (Å²) in [5, 5.41) is 5.04. The van der Waals surface area contributed by atoms with Gasteiger partial charge in [0.15, 0.2) is 0 Å². The third kappa shape index (κ3) is 4.18. The smallest absolute Gasteiger partial charge is 0.282 e. The van der Waals surface area contributed by atoms with Gasteiger partial charge in [0.05, 0.1) is 24.5 Å². The molecule has 0 spiro atoms. The summed E-state index contributed by atoms with van der Waals surface area (Å²) in [7, 11) is 0. The normalized spacial score (nSPS) is 13.7. The minimum atomic E-state index is -0.413. The molecule has 0 fully saturated rings. The lowest BCUT2D eigenvalue weighted by molar-refractivity contribution is -0.120. The molecule has 0 saturated carbocycles. The maximum absolute atomic E-state index is 13.4. The van der Waals surface area contributed by atoms with E-state index < -0.39 is 5.91 Å². The summed E-state index contributed by atoms with van der Waals surface area (Å²) in [5.74, 6) is 0.501. The van der Waals surface area contributed by atoms with E-state index >= 15 is 0 Å². The molecule has 1 N–H and O–H groups in total. The van der Waals surface area contributed by atoms with Crippen molar-refractivity contribution in [2.24, 2.45) is 0 Å². The number of carbonyl (C=O) groups is 2. The fourth-order valence-electron chi connectivity index (χ4n) is 3.38. The molecule has 31 heavy (non-hydrogen) atoms. The van der Waals surface area contributed by atoms with E-state index in [0.29, 0.717) is 41.7 Å². The maximum atomic E-state index is 13.4. The summed E-state index contributed by atoms with van der Waals surface area (Å²) in [4.78, 5) is 28.7. The molecule has 0 bridgehead atoms. The molecule has 4 rings (SSSR count). The fraction of sp³-hybridized carbons (Fsp3) is 0.167. The molecule has 0 aliphatic carbocycles. The molecular weight excluding hydrogens is 412 g/mol. The van der Waals surface area contributed by atoms with Crippen LogP contribution in [0.3, 0.4) is 0 Å². The molecule has 1 aliphatic rings. The predicted molar refractivity (Wildman–Crippen MR) is 123 cm³/mol. The highest BCUT2D eigenvalue weighted by molar-refractivity contribution is 7.11. The van der Waals surface area contributed by atoms with Crippen molar-refractivity contribution in [2.75, 3.05) is 23.4 Å². The summed E-state index contributed by atoms with van der Waals surface area (Å²) in [6, 6.07) is 18.0. The van der Waals surface area contributed by atoms with Crippen molar-refractivity contribution in [1.82, 2.24) is 0 Å². The SMILES string of the molecule is CCOc1cccc(NC2=C(c3cccs3)C(=O)N(c3cccc(OCC)c3)C2=O)c1. The number of amides is 2. The van der Waals surface area contributed by atoms with E-state index in [9.17, 15) is 9.59 Å². The van der Waals surface area contributed by atoms with Gasteiger partial charge in [-0.2, -0.15) is 0 Å². The van der Waals surface area contributed by atoms with E-state index in [4.69, 9.17) is 9.47 Å². The first kappa shape index (κ1) is 20.7. The Labute approximate surface area is 184 Å². The summed E-state index contributed by atoms with van der Waals surface area (Å²) < 4.78 is 11.1. The number of ether oxygens (including phenoxy) is 2. The molecule has 2 amide bonds. The van der Waals surface area contributed by atoms with E-state index in [1.165, 1.54) is 16.2 Å². The molecule has 2 heterocycles. The van der Waals surface area contributed by atoms with Crippen LogP contribution in [0, 0.1) is 0 Å². The number of carbonyl (C=O) groups excluding carboxylic acids is 2. The van der Waals surface area contributed by atoms with Crippen LogP contribution in [-0.2, 0) is 9.59 Å². The van der Waals surface area contributed by atoms with Gasteiger partial charge in [-0.15, -0.1) is 11.3 Å². The minimum Gasteiger partial charge on any atom is -0.494 e.